The van der Waals surface area contributed by atoms with Crippen molar-refractivity contribution in [1.82, 2.24) is 20.4 Å². The molecule has 10 heteroatoms. The van der Waals surface area contributed by atoms with E-state index in [1.165, 1.54) is 9.80 Å². The molecular formula is C21H24N4O6. The molecule has 0 aromatic heterocycles. The maximum atomic E-state index is 12.7. The van der Waals surface area contributed by atoms with Gasteiger partial charge in [0.15, 0.2) is 0 Å². The third-order valence-electron chi connectivity index (χ3n) is 6.19. The van der Waals surface area contributed by atoms with Gasteiger partial charge < -0.3 is 20.2 Å². The van der Waals surface area contributed by atoms with E-state index in [4.69, 9.17) is 5.11 Å². The molecule has 3 aliphatic rings. The van der Waals surface area contributed by atoms with E-state index in [-0.39, 0.29) is 36.6 Å². The minimum atomic E-state index is -0.960. The summed E-state index contributed by atoms with van der Waals surface area (Å²) < 4.78 is 0. The van der Waals surface area contributed by atoms with Crippen molar-refractivity contribution in [2.45, 2.75) is 44.8 Å². The standard InChI is InChI=1S/C21H24N4O6/c26-17-4-3-16(19(28)23-17)25-11-14-9-12(1-2-15(14)20(25)29)10-22-18(27)13-5-7-24(8-6-13)21(30)31/h1-2,9,13,16H,3-8,10-11H2,(H,22,27)(H,30,31)(H,23,26,28). The van der Waals surface area contributed by atoms with Crippen molar-refractivity contribution >= 4 is 29.7 Å². The highest BCUT2D eigenvalue weighted by Crippen LogP contribution is 2.28. The normalized spacial score (nSPS) is 21.7. The molecule has 2 fully saturated rings. The molecule has 164 valence electrons. The van der Waals surface area contributed by atoms with Gasteiger partial charge in [0.25, 0.3) is 5.91 Å². The lowest BCUT2D eigenvalue weighted by Crippen LogP contribution is -2.52. The zero-order valence-electron chi connectivity index (χ0n) is 16.9. The van der Waals surface area contributed by atoms with Gasteiger partial charge >= 0.3 is 6.09 Å². The van der Waals surface area contributed by atoms with Gasteiger partial charge in [-0.15, -0.1) is 0 Å². The van der Waals surface area contributed by atoms with Crippen LogP contribution in [-0.4, -0.2) is 63.8 Å². The van der Waals surface area contributed by atoms with Crippen LogP contribution in [0.25, 0.3) is 0 Å². The van der Waals surface area contributed by atoms with E-state index in [2.05, 4.69) is 10.6 Å². The number of benzene rings is 1. The smallest absolute Gasteiger partial charge is 0.407 e. The van der Waals surface area contributed by atoms with E-state index in [0.717, 1.165) is 11.1 Å². The Labute approximate surface area is 178 Å². The van der Waals surface area contributed by atoms with E-state index < -0.39 is 18.0 Å². The van der Waals surface area contributed by atoms with Crippen LogP contribution in [0.4, 0.5) is 4.79 Å². The topological polar surface area (TPSA) is 136 Å². The van der Waals surface area contributed by atoms with Crippen LogP contribution in [0.2, 0.25) is 0 Å². The molecule has 31 heavy (non-hydrogen) atoms. The van der Waals surface area contributed by atoms with Gasteiger partial charge in [-0.05, 0) is 36.5 Å². The van der Waals surface area contributed by atoms with Gasteiger partial charge in [-0.1, -0.05) is 12.1 Å². The van der Waals surface area contributed by atoms with Gasteiger partial charge in [-0.25, -0.2) is 4.79 Å². The molecule has 4 rings (SSSR count). The van der Waals surface area contributed by atoms with Crippen LogP contribution in [0.1, 0.15) is 47.2 Å². The number of hydrogen-bond donors (Lipinski definition) is 3. The fraction of sp³-hybridized carbons (Fsp3) is 0.476. The predicted molar refractivity (Wildman–Crippen MR) is 107 cm³/mol. The van der Waals surface area contributed by atoms with E-state index in [1.807, 2.05) is 6.07 Å². The van der Waals surface area contributed by atoms with Crippen molar-refractivity contribution in [3.8, 4) is 0 Å². The second-order valence-electron chi connectivity index (χ2n) is 8.15. The summed E-state index contributed by atoms with van der Waals surface area (Å²) in [6.07, 6.45) is 0.556. The third kappa shape index (κ3) is 4.23. The quantitative estimate of drug-likeness (QED) is 0.596. The highest BCUT2D eigenvalue weighted by molar-refractivity contribution is 6.05. The lowest BCUT2D eigenvalue weighted by atomic mass is 9.96. The second kappa shape index (κ2) is 8.37. The number of rotatable bonds is 4. The minimum Gasteiger partial charge on any atom is -0.465 e. The lowest BCUT2D eigenvalue weighted by molar-refractivity contribution is -0.137. The van der Waals surface area contributed by atoms with Gasteiger partial charge in [0, 0.05) is 44.1 Å². The molecule has 0 aliphatic carbocycles. The number of amides is 5. The first-order valence-corrected chi connectivity index (χ1v) is 10.4. The van der Waals surface area contributed by atoms with Crippen LogP contribution >= 0.6 is 0 Å². The van der Waals surface area contributed by atoms with E-state index in [9.17, 15) is 24.0 Å². The van der Waals surface area contributed by atoms with Crippen molar-refractivity contribution in [2.24, 2.45) is 5.92 Å². The number of fused-ring (bicyclic) bond motifs is 1. The molecule has 10 nitrogen and oxygen atoms in total. The monoisotopic (exact) mass is 428 g/mol. The molecule has 2 saturated heterocycles. The molecular weight excluding hydrogens is 404 g/mol. The first kappa shape index (κ1) is 20.8. The molecule has 3 aliphatic heterocycles. The molecule has 1 atom stereocenters. The van der Waals surface area contributed by atoms with Crippen molar-refractivity contribution in [1.29, 1.82) is 0 Å². The summed E-state index contributed by atoms with van der Waals surface area (Å²) in [7, 11) is 0. The van der Waals surface area contributed by atoms with Crippen molar-refractivity contribution < 1.29 is 29.1 Å². The Morgan fingerprint density at radius 3 is 2.55 bits per heavy atom. The van der Waals surface area contributed by atoms with Gasteiger partial charge in [0.1, 0.15) is 6.04 Å². The lowest BCUT2D eigenvalue weighted by Gasteiger charge is -2.29. The third-order valence-corrected chi connectivity index (χ3v) is 6.19. The molecule has 0 saturated carbocycles. The summed E-state index contributed by atoms with van der Waals surface area (Å²) >= 11 is 0. The molecule has 3 N–H and O–H groups in total. The van der Waals surface area contributed by atoms with E-state index in [1.54, 1.807) is 12.1 Å². The number of carbonyl (C=O) groups excluding carboxylic acids is 4. The summed E-state index contributed by atoms with van der Waals surface area (Å²) in [4.78, 5) is 62.5. The maximum absolute atomic E-state index is 12.7. The molecule has 3 heterocycles. The Morgan fingerprint density at radius 1 is 1.13 bits per heavy atom. The van der Waals surface area contributed by atoms with Crippen LogP contribution in [0.5, 0.6) is 0 Å². The summed E-state index contributed by atoms with van der Waals surface area (Å²) in [5.41, 5.74) is 2.16. The fourth-order valence-electron chi connectivity index (χ4n) is 4.40. The van der Waals surface area contributed by atoms with Gasteiger partial charge in [-0.3, -0.25) is 24.5 Å². The average molecular weight is 428 g/mol. The highest BCUT2D eigenvalue weighted by atomic mass is 16.4. The Kier molecular flexibility index (Phi) is 5.62. The Hall–Kier alpha value is -3.43. The summed E-state index contributed by atoms with van der Waals surface area (Å²) in [5, 5.41) is 14.2. The molecule has 0 bridgehead atoms. The molecule has 0 spiro atoms. The number of nitrogens with zero attached hydrogens (tertiary/aromatic N) is 2. The zero-order valence-corrected chi connectivity index (χ0v) is 16.9. The predicted octanol–water partition coefficient (Wildman–Crippen LogP) is 0.454. The van der Waals surface area contributed by atoms with E-state index >= 15 is 0 Å². The van der Waals surface area contributed by atoms with Crippen LogP contribution in [0.15, 0.2) is 18.2 Å². The number of nitrogens with one attached hydrogen (secondary N) is 2. The average Bonchev–Trinajstić information content (AvgIpc) is 3.07. The number of likely N-dealkylation sites (tertiary alicyclic amines) is 1. The molecule has 5 amide bonds. The maximum Gasteiger partial charge on any atom is 0.407 e. The largest absolute Gasteiger partial charge is 0.465 e. The Morgan fingerprint density at radius 2 is 1.87 bits per heavy atom. The van der Waals surface area contributed by atoms with Crippen molar-refractivity contribution in [3.63, 3.8) is 0 Å². The number of carbonyl (C=O) groups is 5. The number of imide groups is 1. The molecule has 1 aromatic rings. The first-order valence-electron chi connectivity index (χ1n) is 10.4. The Bertz CT molecular complexity index is 953. The first-order chi connectivity index (χ1) is 14.8. The van der Waals surface area contributed by atoms with Gasteiger partial charge in [-0.2, -0.15) is 0 Å². The number of hydrogen-bond acceptors (Lipinski definition) is 5. The summed E-state index contributed by atoms with van der Waals surface area (Å²) in [6.45, 7) is 1.29. The van der Waals surface area contributed by atoms with Gasteiger partial charge in [0.2, 0.25) is 17.7 Å². The van der Waals surface area contributed by atoms with Crippen molar-refractivity contribution in [3.05, 3.63) is 34.9 Å². The number of piperidine rings is 2. The molecule has 1 unspecified atom stereocenters. The van der Waals surface area contributed by atoms with Crippen LogP contribution in [0.3, 0.4) is 0 Å². The van der Waals surface area contributed by atoms with E-state index in [0.29, 0.717) is 44.5 Å². The van der Waals surface area contributed by atoms with Crippen LogP contribution in [-0.2, 0) is 27.5 Å². The summed E-state index contributed by atoms with van der Waals surface area (Å²) in [5.74, 6) is -1.32. The second-order valence-corrected chi connectivity index (χ2v) is 8.15. The van der Waals surface area contributed by atoms with Crippen LogP contribution < -0.4 is 10.6 Å². The summed E-state index contributed by atoms with van der Waals surface area (Å²) in [6, 6.07) is 4.68. The highest BCUT2D eigenvalue weighted by Gasteiger charge is 2.39. The van der Waals surface area contributed by atoms with Crippen molar-refractivity contribution in [2.75, 3.05) is 13.1 Å². The fourth-order valence-corrected chi connectivity index (χ4v) is 4.40. The van der Waals surface area contributed by atoms with Gasteiger partial charge in [0.05, 0.1) is 0 Å². The Balaban J connectivity index is 1.34. The zero-order chi connectivity index (χ0) is 22.1. The number of carboxylic acid groups (broad SMARTS) is 1. The SMILES string of the molecule is O=C1CCC(N2Cc3cc(CNC(=O)C4CCN(C(=O)O)CC4)ccc3C2=O)C(=O)N1. The minimum absolute atomic E-state index is 0.105. The molecule has 0 radical (unpaired) electrons. The van der Waals surface area contributed by atoms with Crippen LogP contribution in [0, 0.1) is 5.92 Å². The molecule has 1 aromatic carbocycles.